The van der Waals surface area contributed by atoms with Crippen LogP contribution in [0, 0.1) is 0 Å². The lowest BCUT2D eigenvalue weighted by atomic mass is 10.1. The minimum Gasteiger partial charge on any atom is -0.299 e. The third-order valence-electron chi connectivity index (χ3n) is 1.30. The van der Waals surface area contributed by atoms with Crippen molar-refractivity contribution >= 4 is 5.78 Å². The Balaban J connectivity index is 2.50. The highest BCUT2D eigenvalue weighted by Crippen LogP contribution is 1.99. The number of rotatable bonds is 0. The molecule has 1 aliphatic carbocycles. The zero-order chi connectivity index (χ0) is 6.53. The molecule has 0 radical (unpaired) electrons. The normalized spacial score (nSPS) is 26.4. The van der Waals surface area contributed by atoms with Crippen molar-refractivity contribution in [3.63, 3.8) is 0 Å². The first-order valence-corrected chi connectivity index (χ1v) is 3.21. The lowest BCUT2D eigenvalue weighted by molar-refractivity contribution is -0.117. The third-order valence-corrected chi connectivity index (χ3v) is 1.30. The summed E-state index contributed by atoms with van der Waals surface area (Å²) in [6.45, 7) is 0. The van der Waals surface area contributed by atoms with Gasteiger partial charge in [0.25, 0.3) is 0 Å². The summed E-state index contributed by atoms with van der Waals surface area (Å²) in [6, 6.07) is 0. The highest BCUT2D eigenvalue weighted by Gasteiger charge is 1.95. The fourth-order valence-electron chi connectivity index (χ4n) is 0.784. The molecule has 0 aromatic carbocycles. The summed E-state index contributed by atoms with van der Waals surface area (Å²) in [5.41, 5.74) is 0. The Morgan fingerprint density at radius 2 is 1.56 bits per heavy atom. The molecule has 0 fully saturated rings. The van der Waals surface area contributed by atoms with Crippen molar-refractivity contribution in [3.8, 4) is 0 Å². The molecule has 1 nitrogen and oxygen atoms in total. The molecule has 48 valence electrons. The van der Waals surface area contributed by atoms with Crippen LogP contribution in [0.25, 0.3) is 0 Å². The fourth-order valence-corrected chi connectivity index (χ4v) is 0.784. The summed E-state index contributed by atoms with van der Waals surface area (Å²) in [5, 5.41) is 0. The topological polar surface area (TPSA) is 17.1 Å². The van der Waals surface area contributed by atoms with Crippen LogP contribution < -0.4 is 0 Å². The number of ketones is 1. The number of Topliss-reactive ketones (excluding diaryl/α,β-unsaturated/α-hetero) is 1. The molecule has 9 heavy (non-hydrogen) atoms. The van der Waals surface area contributed by atoms with Crippen molar-refractivity contribution in [2.75, 3.05) is 0 Å². The number of hydrogen-bond donors (Lipinski definition) is 0. The first-order valence-electron chi connectivity index (χ1n) is 3.21. The standard InChI is InChI=1S/C8H10O/c9-8-6-4-2-1-3-5-7-8/h2-5H,1,6-7H2/b4-2-,5-3-. The van der Waals surface area contributed by atoms with E-state index >= 15 is 0 Å². The van der Waals surface area contributed by atoms with E-state index < -0.39 is 0 Å². The highest BCUT2D eigenvalue weighted by molar-refractivity contribution is 5.81. The monoisotopic (exact) mass is 122 g/mol. The molecule has 0 aromatic heterocycles. The molecule has 0 bridgehead atoms. The molecule has 1 aliphatic rings. The van der Waals surface area contributed by atoms with E-state index in [0.717, 1.165) is 6.42 Å². The Morgan fingerprint density at radius 3 is 2.11 bits per heavy atom. The van der Waals surface area contributed by atoms with E-state index in [2.05, 4.69) is 0 Å². The van der Waals surface area contributed by atoms with Crippen LogP contribution in [-0.2, 0) is 4.79 Å². The van der Waals surface area contributed by atoms with Gasteiger partial charge in [0.1, 0.15) is 5.78 Å². The quantitative estimate of drug-likeness (QED) is 0.448. The van der Waals surface area contributed by atoms with Gasteiger partial charge in [-0.2, -0.15) is 0 Å². The Morgan fingerprint density at radius 1 is 1.00 bits per heavy atom. The van der Waals surface area contributed by atoms with Crippen molar-refractivity contribution in [3.05, 3.63) is 24.3 Å². The van der Waals surface area contributed by atoms with E-state index in [1.807, 2.05) is 24.3 Å². The van der Waals surface area contributed by atoms with Gasteiger partial charge in [0.05, 0.1) is 0 Å². The summed E-state index contributed by atoms with van der Waals surface area (Å²) in [7, 11) is 0. The summed E-state index contributed by atoms with van der Waals surface area (Å²) in [4.78, 5) is 10.7. The van der Waals surface area contributed by atoms with Gasteiger partial charge in [-0.25, -0.2) is 0 Å². The Hall–Kier alpha value is -0.850. The molecule has 0 aromatic rings. The van der Waals surface area contributed by atoms with Crippen LogP contribution in [-0.4, -0.2) is 5.78 Å². The molecular weight excluding hydrogens is 112 g/mol. The number of carbonyl (C=O) groups excluding carboxylic acids is 1. The predicted octanol–water partition coefficient (Wildman–Crippen LogP) is 1.85. The lowest BCUT2D eigenvalue weighted by Crippen LogP contribution is -1.93. The number of carbonyl (C=O) groups is 1. The van der Waals surface area contributed by atoms with Crippen molar-refractivity contribution in [1.82, 2.24) is 0 Å². The van der Waals surface area contributed by atoms with Crippen LogP contribution in [0.15, 0.2) is 24.3 Å². The van der Waals surface area contributed by atoms with Gasteiger partial charge < -0.3 is 0 Å². The summed E-state index contributed by atoms with van der Waals surface area (Å²) < 4.78 is 0. The van der Waals surface area contributed by atoms with E-state index in [1.54, 1.807) is 0 Å². The molecule has 0 heterocycles. The van der Waals surface area contributed by atoms with Crippen molar-refractivity contribution < 1.29 is 4.79 Å². The maximum Gasteiger partial charge on any atom is 0.140 e. The molecule has 0 N–H and O–H groups in total. The van der Waals surface area contributed by atoms with E-state index in [9.17, 15) is 4.79 Å². The SMILES string of the molecule is O=C1C/C=C\C/C=C\C1. The number of allylic oxidation sites excluding steroid dienone is 4. The molecule has 0 saturated heterocycles. The molecule has 0 spiro atoms. The van der Waals surface area contributed by atoms with Crippen molar-refractivity contribution in [1.29, 1.82) is 0 Å². The van der Waals surface area contributed by atoms with E-state index in [-0.39, 0.29) is 0 Å². The van der Waals surface area contributed by atoms with E-state index in [0.29, 0.717) is 18.6 Å². The molecule has 0 amide bonds. The lowest BCUT2D eigenvalue weighted by Gasteiger charge is -1.93. The molecule has 0 unspecified atom stereocenters. The van der Waals surface area contributed by atoms with Crippen LogP contribution in [0.2, 0.25) is 0 Å². The predicted molar refractivity (Wildman–Crippen MR) is 37.1 cm³/mol. The molecule has 1 rings (SSSR count). The largest absolute Gasteiger partial charge is 0.299 e. The number of hydrogen-bond acceptors (Lipinski definition) is 1. The van der Waals surface area contributed by atoms with Crippen molar-refractivity contribution in [2.45, 2.75) is 19.3 Å². The molecular formula is C8H10O. The maximum absolute atomic E-state index is 10.7. The van der Waals surface area contributed by atoms with Crippen LogP contribution >= 0.6 is 0 Å². The van der Waals surface area contributed by atoms with E-state index in [1.165, 1.54) is 0 Å². The Labute approximate surface area is 55.1 Å². The Kier molecular flexibility index (Phi) is 2.25. The third kappa shape index (κ3) is 2.27. The van der Waals surface area contributed by atoms with Crippen LogP contribution in [0.5, 0.6) is 0 Å². The molecule has 0 aliphatic heterocycles. The average Bonchev–Trinajstić information content (AvgIpc) is 1.79. The molecule has 0 saturated carbocycles. The van der Waals surface area contributed by atoms with Gasteiger partial charge in [0, 0.05) is 12.8 Å². The van der Waals surface area contributed by atoms with Gasteiger partial charge in [0.15, 0.2) is 0 Å². The second kappa shape index (κ2) is 3.23. The molecule has 1 heteroatoms. The van der Waals surface area contributed by atoms with Gasteiger partial charge in [0.2, 0.25) is 0 Å². The summed E-state index contributed by atoms with van der Waals surface area (Å²) >= 11 is 0. The minimum absolute atomic E-state index is 0.308. The smallest absolute Gasteiger partial charge is 0.140 e. The summed E-state index contributed by atoms with van der Waals surface area (Å²) in [5.74, 6) is 0.308. The summed E-state index contributed by atoms with van der Waals surface area (Å²) in [6.07, 6.45) is 10.1. The zero-order valence-electron chi connectivity index (χ0n) is 5.34. The van der Waals surface area contributed by atoms with Gasteiger partial charge in [-0.05, 0) is 6.42 Å². The van der Waals surface area contributed by atoms with Gasteiger partial charge in [-0.15, -0.1) is 0 Å². The van der Waals surface area contributed by atoms with Gasteiger partial charge in [-0.1, -0.05) is 24.3 Å². The van der Waals surface area contributed by atoms with Crippen LogP contribution in [0.3, 0.4) is 0 Å². The zero-order valence-corrected chi connectivity index (χ0v) is 5.34. The van der Waals surface area contributed by atoms with Gasteiger partial charge >= 0.3 is 0 Å². The average molecular weight is 122 g/mol. The first kappa shape index (κ1) is 6.27. The van der Waals surface area contributed by atoms with Crippen LogP contribution in [0.4, 0.5) is 0 Å². The Bertz CT molecular complexity index is 138. The maximum atomic E-state index is 10.7. The van der Waals surface area contributed by atoms with E-state index in [4.69, 9.17) is 0 Å². The van der Waals surface area contributed by atoms with Crippen LogP contribution in [0.1, 0.15) is 19.3 Å². The molecule has 0 atom stereocenters. The highest BCUT2D eigenvalue weighted by atomic mass is 16.1. The van der Waals surface area contributed by atoms with Crippen molar-refractivity contribution in [2.24, 2.45) is 0 Å². The fraction of sp³-hybridized carbons (Fsp3) is 0.375. The van der Waals surface area contributed by atoms with Gasteiger partial charge in [-0.3, -0.25) is 4.79 Å². The second-order valence-electron chi connectivity index (χ2n) is 2.13. The first-order chi connectivity index (χ1) is 4.39. The second-order valence-corrected chi connectivity index (χ2v) is 2.13. The minimum atomic E-state index is 0.308.